The van der Waals surface area contributed by atoms with Crippen molar-refractivity contribution < 1.29 is 9.21 Å². The maximum absolute atomic E-state index is 13.7. The highest BCUT2D eigenvalue weighted by molar-refractivity contribution is 9.10. The third-order valence-corrected chi connectivity index (χ3v) is 6.44. The van der Waals surface area contributed by atoms with E-state index in [-0.39, 0.29) is 18.0 Å². The molecule has 5 aromatic rings. The average Bonchev–Trinajstić information content (AvgIpc) is 3.41. The molecule has 1 atom stereocenters. The molecular weight excluding hydrogens is 506 g/mol. The molecule has 174 valence electrons. The number of para-hydroxylation sites is 1. The summed E-state index contributed by atoms with van der Waals surface area (Å²) in [7, 11) is 0. The van der Waals surface area contributed by atoms with E-state index in [0.29, 0.717) is 33.7 Å². The average molecular weight is 528 g/mol. The lowest BCUT2D eigenvalue weighted by molar-refractivity contribution is 0.0648. The minimum absolute atomic E-state index is 0.181. The molecular formula is C28H22BrN3O3. The molecule has 35 heavy (non-hydrogen) atoms. The number of nitrogens with zero attached hydrogens (tertiary/aromatic N) is 3. The molecule has 0 fully saturated rings. The fourth-order valence-corrected chi connectivity index (χ4v) is 4.38. The van der Waals surface area contributed by atoms with Gasteiger partial charge in [-0.15, -0.1) is 0 Å². The van der Waals surface area contributed by atoms with Crippen LogP contribution in [0.1, 0.15) is 34.9 Å². The quantitative estimate of drug-likeness (QED) is 0.265. The summed E-state index contributed by atoms with van der Waals surface area (Å²) in [5.41, 5.74) is 1.61. The van der Waals surface area contributed by atoms with Crippen LogP contribution in [0.15, 0.2) is 111 Å². The Labute approximate surface area is 210 Å². The van der Waals surface area contributed by atoms with Crippen molar-refractivity contribution in [3.05, 3.63) is 129 Å². The first kappa shape index (κ1) is 22.8. The smallest absolute Gasteiger partial charge is 0.266 e. The molecule has 7 heteroatoms. The van der Waals surface area contributed by atoms with Gasteiger partial charge >= 0.3 is 0 Å². The van der Waals surface area contributed by atoms with E-state index < -0.39 is 6.04 Å². The normalized spacial score (nSPS) is 11.9. The Kier molecular flexibility index (Phi) is 6.33. The minimum Gasteiger partial charge on any atom is -0.467 e. The van der Waals surface area contributed by atoms with Crippen LogP contribution in [0.25, 0.3) is 16.6 Å². The molecule has 0 saturated carbocycles. The Hall–Kier alpha value is -3.97. The topological polar surface area (TPSA) is 68.3 Å². The van der Waals surface area contributed by atoms with Crippen molar-refractivity contribution >= 4 is 32.7 Å². The SMILES string of the molecule is CC(c1nc2ccccc2c(=O)n1-c1ccc(Br)cc1)N(Cc1ccco1)C(=O)c1ccccc1. The number of carbonyl (C=O) groups is 1. The number of halogens is 1. The van der Waals surface area contributed by atoms with Crippen molar-refractivity contribution in [2.75, 3.05) is 0 Å². The molecule has 0 saturated heterocycles. The number of furan rings is 1. The van der Waals surface area contributed by atoms with E-state index in [0.717, 1.165) is 4.47 Å². The number of fused-ring (bicyclic) bond motifs is 1. The van der Waals surface area contributed by atoms with Gasteiger partial charge in [0.25, 0.3) is 11.5 Å². The first-order valence-electron chi connectivity index (χ1n) is 11.2. The van der Waals surface area contributed by atoms with E-state index in [1.54, 1.807) is 40.0 Å². The van der Waals surface area contributed by atoms with Gasteiger partial charge in [0.1, 0.15) is 11.6 Å². The van der Waals surface area contributed by atoms with Crippen LogP contribution in [0, 0.1) is 0 Å². The Morgan fingerprint density at radius 3 is 2.40 bits per heavy atom. The van der Waals surface area contributed by atoms with E-state index >= 15 is 0 Å². The van der Waals surface area contributed by atoms with Gasteiger partial charge in [-0.2, -0.15) is 0 Å². The molecule has 0 radical (unpaired) electrons. The zero-order chi connectivity index (χ0) is 24.4. The van der Waals surface area contributed by atoms with Crippen LogP contribution >= 0.6 is 15.9 Å². The van der Waals surface area contributed by atoms with Gasteiger partial charge in [0.05, 0.1) is 35.4 Å². The number of aromatic nitrogens is 2. The Bertz CT molecular complexity index is 1530. The van der Waals surface area contributed by atoms with Crippen LogP contribution in [-0.2, 0) is 6.54 Å². The number of hydrogen-bond donors (Lipinski definition) is 0. The summed E-state index contributed by atoms with van der Waals surface area (Å²) in [5.74, 6) is 0.922. The molecule has 6 nitrogen and oxygen atoms in total. The van der Waals surface area contributed by atoms with Crippen molar-refractivity contribution in [2.45, 2.75) is 19.5 Å². The Balaban J connectivity index is 1.70. The van der Waals surface area contributed by atoms with Crippen LogP contribution in [0.2, 0.25) is 0 Å². The second kappa shape index (κ2) is 9.72. The summed E-state index contributed by atoms with van der Waals surface area (Å²) in [6.45, 7) is 2.11. The number of benzene rings is 3. The molecule has 5 rings (SSSR count). The molecule has 0 N–H and O–H groups in total. The maximum Gasteiger partial charge on any atom is 0.266 e. The maximum atomic E-state index is 13.7. The molecule has 1 amide bonds. The van der Waals surface area contributed by atoms with Gasteiger partial charge in [0.15, 0.2) is 0 Å². The number of rotatable bonds is 6. The first-order valence-corrected chi connectivity index (χ1v) is 12.0. The van der Waals surface area contributed by atoms with Gasteiger partial charge in [0, 0.05) is 10.0 Å². The van der Waals surface area contributed by atoms with Crippen molar-refractivity contribution in [3.63, 3.8) is 0 Å². The molecule has 0 aliphatic rings. The lowest BCUT2D eigenvalue weighted by Crippen LogP contribution is -2.37. The van der Waals surface area contributed by atoms with Gasteiger partial charge in [-0.1, -0.05) is 46.3 Å². The standard InChI is InChI=1S/C28H22BrN3O3/c1-19(31(18-23-10-7-17-35-23)27(33)20-8-3-2-4-9-20)26-30-25-12-6-5-11-24(25)28(34)32(26)22-15-13-21(29)14-16-22/h2-17,19H,18H2,1H3. The fraction of sp³-hybridized carbons (Fsp3) is 0.107. The molecule has 3 aromatic carbocycles. The summed E-state index contributed by atoms with van der Waals surface area (Å²) in [6, 6.07) is 26.9. The summed E-state index contributed by atoms with van der Waals surface area (Å²) in [4.78, 5) is 34.0. The predicted octanol–water partition coefficient (Wildman–Crippen LogP) is 6.14. The monoisotopic (exact) mass is 527 g/mol. The second-order valence-corrected chi connectivity index (χ2v) is 9.07. The van der Waals surface area contributed by atoms with E-state index in [2.05, 4.69) is 15.9 Å². The lowest BCUT2D eigenvalue weighted by atomic mass is 10.1. The third-order valence-electron chi connectivity index (χ3n) is 5.92. The van der Waals surface area contributed by atoms with Crippen molar-refractivity contribution in [2.24, 2.45) is 0 Å². The third kappa shape index (κ3) is 4.55. The van der Waals surface area contributed by atoms with Crippen molar-refractivity contribution in [1.82, 2.24) is 14.5 Å². The minimum atomic E-state index is -0.547. The van der Waals surface area contributed by atoms with Crippen LogP contribution in [0.3, 0.4) is 0 Å². The Morgan fingerprint density at radius 2 is 1.69 bits per heavy atom. The second-order valence-electron chi connectivity index (χ2n) is 8.16. The molecule has 2 aromatic heterocycles. The van der Waals surface area contributed by atoms with Crippen LogP contribution in [-0.4, -0.2) is 20.4 Å². The van der Waals surface area contributed by atoms with E-state index in [4.69, 9.17) is 9.40 Å². The highest BCUT2D eigenvalue weighted by Gasteiger charge is 2.28. The zero-order valence-electron chi connectivity index (χ0n) is 19.0. The number of amides is 1. The van der Waals surface area contributed by atoms with Crippen molar-refractivity contribution in [1.29, 1.82) is 0 Å². The van der Waals surface area contributed by atoms with Gasteiger partial charge in [-0.3, -0.25) is 14.2 Å². The highest BCUT2D eigenvalue weighted by Crippen LogP contribution is 2.27. The van der Waals surface area contributed by atoms with Gasteiger partial charge in [0.2, 0.25) is 0 Å². The van der Waals surface area contributed by atoms with E-state index in [9.17, 15) is 9.59 Å². The van der Waals surface area contributed by atoms with Crippen LogP contribution in [0.5, 0.6) is 0 Å². The molecule has 0 bridgehead atoms. The van der Waals surface area contributed by atoms with Gasteiger partial charge < -0.3 is 9.32 Å². The molecule has 2 heterocycles. The molecule has 0 spiro atoms. The van der Waals surface area contributed by atoms with E-state index in [1.165, 1.54) is 0 Å². The zero-order valence-corrected chi connectivity index (χ0v) is 20.6. The number of carbonyl (C=O) groups excluding carboxylic acids is 1. The summed E-state index contributed by atoms with van der Waals surface area (Å²) < 4.78 is 8.06. The summed E-state index contributed by atoms with van der Waals surface area (Å²) in [6.07, 6.45) is 1.58. The van der Waals surface area contributed by atoms with Crippen molar-refractivity contribution in [3.8, 4) is 5.69 Å². The summed E-state index contributed by atoms with van der Waals surface area (Å²) in [5, 5.41) is 0.512. The summed E-state index contributed by atoms with van der Waals surface area (Å²) >= 11 is 3.46. The predicted molar refractivity (Wildman–Crippen MR) is 138 cm³/mol. The highest BCUT2D eigenvalue weighted by atomic mass is 79.9. The lowest BCUT2D eigenvalue weighted by Gasteiger charge is -2.30. The molecule has 1 unspecified atom stereocenters. The Morgan fingerprint density at radius 1 is 0.971 bits per heavy atom. The fourth-order valence-electron chi connectivity index (χ4n) is 4.11. The molecule has 0 aliphatic heterocycles. The first-order chi connectivity index (χ1) is 17.0. The van der Waals surface area contributed by atoms with Crippen LogP contribution in [0.4, 0.5) is 0 Å². The van der Waals surface area contributed by atoms with Gasteiger partial charge in [-0.05, 0) is 67.6 Å². The van der Waals surface area contributed by atoms with Gasteiger partial charge in [-0.25, -0.2) is 4.98 Å². The van der Waals surface area contributed by atoms with E-state index in [1.807, 2.05) is 73.7 Å². The number of hydrogen-bond acceptors (Lipinski definition) is 4. The van der Waals surface area contributed by atoms with Crippen LogP contribution < -0.4 is 5.56 Å². The largest absolute Gasteiger partial charge is 0.467 e. The molecule has 0 aliphatic carbocycles.